The molecule has 4 heteroatoms. The summed E-state index contributed by atoms with van der Waals surface area (Å²) in [6.45, 7) is 0. The van der Waals surface area contributed by atoms with Crippen molar-refractivity contribution in [2.75, 3.05) is 0 Å². The summed E-state index contributed by atoms with van der Waals surface area (Å²) in [6, 6.07) is 1.51. The predicted octanol–water partition coefficient (Wildman–Crippen LogP) is 0.368. The number of nitrogens with zero attached hydrogens (tertiary/aromatic N) is 2. The van der Waals surface area contributed by atoms with Crippen LogP contribution in [0.4, 0.5) is 0 Å². The quantitative estimate of drug-likeness (QED) is 0.289. The summed E-state index contributed by atoms with van der Waals surface area (Å²) in [6.07, 6.45) is 2.74. The summed E-state index contributed by atoms with van der Waals surface area (Å²) in [5.41, 5.74) is 0. The SMILES string of the molecule is [O-][n+]1cccnc1Cl. The van der Waals surface area contributed by atoms with Gasteiger partial charge in [0.1, 0.15) is 6.20 Å². The van der Waals surface area contributed by atoms with Crippen LogP contribution < -0.4 is 4.73 Å². The van der Waals surface area contributed by atoms with E-state index in [1.165, 1.54) is 18.5 Å². The van der Waals surface area contributed by atoms with Gasteiger partial charge in [-0.25, -0.2) is 4.73 Å². The van der Waals surface area contributed by atoms with Gasteiger partial charge in [0, 0.05) is 17.7 Å². The van der Waals surface area contributed by atoms with Crippen LogP contribution in [0.5, 0.6) is 0 Å². The average Bonchev–Trinajstić information content (AvgIpc) is 1.77. The van der Waals surface area contributed by atoms with Crippen LogP contribution in [0.15, 0.2) is 18.5 Å². The molecule has 8 heavy (non-hydrogen) atoms. The highest BCUT2D eigenvalue weighted by Crippen LogP contribution is 1.89. The zero-order valence-electron chi connectivity index (χ0n) is 3.91. The molecule has 42 valence electrons. The van der Waals surface area contributed by atoms with E-state index in [1.807, 2.05) is 0 Å². The van der Waals surface area contributed by atoms with Crippen molar-refractivity contribution in [3.8, 4) is 0 Å². The van der Waals surface area contributed by atoms with Crippen molar-refractivity contribution in [1.29, 1.82) is 0 Å². The normalized spacial score (nSPS) is 9.12. The van der Waals surface area contributed by atoms with Crippen LogP contribution in [0, 0.1) is 5.21 Å². The fraction of sp³-hybridized carbons (Fsp3) is 0. The molecule has 1 aromatic heterocycles. The molecule has 0 aliphatic carbocycles. The smallest absolute Gasteiger partial charge is 0.399 e. The molecule has 1 heterocycles. The molecule has 0 spiro atoms. The summed E-state index contributed by atoms with van der Waals surface area (Å²) >= 11 is 5.25. The molecule has 0 atom stereocenters. The van der Waals surface area contributed by atoms with E-state index >= 15 is 0 Å². The fourth-order valence-corrected chi connectivity index (χ4v) is 0.452. The maximum Gasteiger partial charge on any atom is 0.399 e. The Bertz CT molecular complexity index is 170. The van der Waals surface area contributed by atoms with Gasteiger partial charge in [-0.05, 0) is 4.98 Å². The van der Waals surface area contributed by atoms with Crippen molar-refractivity contribution >= 4 is 11.6 Å². The highest BCUT2D eigenvalue weighted by molar-refractivity contribution is 6.27. The summed E-state index contributed by atoms with van der Waals surface area (Å²) in [4.78, 5) is 3.49. The van der Waals surface area contributed by atoms with Gasteiger partial charge < -0.3 is 5.21 Å². The number of rotatable bonds is 0. The highest BCUT2D eigenvalue weighted by atomic mass is 35.5. The van der Waals surface area contributed by atoms with Crippen LogP contribution in [0.3, 0.4) is 0 Å². The minimum Gasteiger partial charge on any atom is -0.710 e. The van der Waals surface area contributed by atoms with Gasteiger partial charge in [0.2, 0.25) is 0 Å². The predicted molar refractivity (Wildman–Crippen MR) is 28.2 cm³/mol. The van der Waals surface area contributed by atoms with Crippen LogP contribution in [0.25, 0.3) is 0 Å². The van der Waals surface area contributed by atoms with Gasteiger partial charge >= 0.3 is 5.28 Å². The topological polar surface area (TPSA) is 39.8 Å². The molecule has 0 aliphatic heterocycles. The van der Waals surface area contributed by atoms with E-state index in [2.05, 4.69) is 4.98 Å². The second kappa shape index (κ2) is 1.96. The molecule has 0 saturated heterocycles. The van der Waals surface area contributed by atoms with E-state index in [0.717, 1.165) is 0 Å². The van der Waals surface area contributed by atoms with E-state index in [1.54, 1.807) is 0 Å². The maximum atomic E-state index is 10.3. The van der Waals surface area contributed by atoms with Gasteiger partial charge in [-0.15, -0.1) is 0 Å². The molecule has 0 fully saturated rings. The lowest BCUT2D eigenvalue weighted by molar-refractivity contribution is -0.606. The Hall–Kier alpha value is -0.830. The Morgan fingerprint density at radius 3 is 2.88 bits per heavy atom. The van der Waals surface area contributed by atoms with Crippen molar-refractivity contribution in [2.45, 2.75) is 0 Å². The van der Waals surface area contributed by atoms with Gasteiger partial charge in [0.25, 0.3) is 0 Å². The van der Waals surface area contributed by atoms with Crippen LogP contribution >= 0.6 is 11.6 Å². The van der Waals surface area contributed by atoms with E-state index in [9.17, 15) is 5.21 Å². The van der Waals surface area contributed by atoms with E-state index in [4.69, 9.17) is 11.6 Å². The Labute approximate surface area is 51.1 Å². The molecule has 0 unspecified atom stereocenters. The van der Waals surface area contributed by atoms with Gasteiger partial charge in [0.15, 0.2) is 0 Å². The van der Waals surface area contributed by atoms with Crippen molar-refractivity contribution in [3.05, 3.63) is 29.0 Å². The Morgan fingerprint density at radius 2 is 2.50 bits per heavy atom. The molecular weight excluding hydrogens is 128 g/mol. The molecule has 0 N–H and O–H groups in total. The largest absolute Gasteiger partial charge is 0.710 e. The summed E-state index contributed by atoms with van der Waals surface area (Å²) in [5, 5.41) is 10.3. The summed E-state index contributed by atoms with van der Waals surface area (Å²) in [5.74, 6) is 0. The van der Waals surface area contributed by atoms with Gasteiger partial charge in [-0.2, -0.15) is 0 Å². The minimum absolute atomic E-state index is 0.0486. The Kier molecular flexibility index (Phi) is 1.30. The van der Waals surface area contributed by atoms with Crippen molar-refractivity contribution in [3.63, 3.8) is 0 Å². The lowest BCUT2D eigenvalue weighted by Gasteiger charge is -1.95. The molecule has 1 aromatic rings. The first-order valence-electron chi connectivity index (χ1n) is 2.00. The van der Waals surface area contributed by atoms with E-state index < -0.39 is 0 Å². The number of hydrogen-bond acceptors (Lipinski definition) is 2. The number of hydrogen-bond donors (Lipinski definition) is 0. The number of halogens is 1. The lowest BCUT2D eigenvalue weighted by atomic mass is 10.7. The molecule has 0 saturated carbocycles. The second-order valence-corrected chi connectivity index (χ2v) is 1.55. The fourth-order valence-electron chi connectivity index (χ4n) is 0.340. The molecule has 0 amide bonds. The molecule has 0 aromatic carbocycles. The third-order valence-electron chi connectivity index (χ3n) is 0.670. The zero-order valence-corrected chi connectivity index (χ0v) is 4.67. The summed E-state index contributed by atoms with van der Waals surface area (Å²) < 4.78 is 0.488. The van der Waals surface area contributed by atoms with E-state index in [0.29, 0.717) is 4.73 Å². The third-order valence-corrected chi connectivity index (χ3v) is 0.935. The number of aromatic nitrogens is 2. The average molecular weight is 131 g/mol. The second-order valence-electron chi connectivity index (χ2n) is 1.21. The molecule has 3 nitrogen and oxygen atoms in total. The van der Waals surface area contributed by atoms with Gasteiger partial charge in [-0.1, -0.05) is 0 Å². The Balaban J connectivity index is 3.13. The van der Waals surface area contributed by atoms with Crippen LogP contribution in [0.1, 0.15) is 0 Å². The first kappa shape index (κ1) is 5.31. The van der Waals surface area contributed by atoms with Crippen molar-refractivity contribution in [2.24, 2.45) is 0 Å². The van der Waals surface area contributed by atoms with Gasteiger partial charge in [-0.3, -0.25) is 0 Å². The molecule has 0 aliphatic rings. The minimum atomic E-state index is -0.0486. The van der Waals surface area contributed by atoms with Crippen LogP contribution in [0.2, 0.25) is 5.28 Å². The highest BCUT2D eigenvalue weighted by Gasteiger charge is 1.95. The zero-order chi connectivity index (χ0) is 5.98. The lowest BCUT2D eigenvalue weighted by Crippen LogP contribution is -2.27. The van der Waals surface area contributed by atoms with Crippen molar-refractivity contribution in [1.82, 2.24) is 4.98 Å². The van der Waals surface area contributed by atoms with E-state index in [-0.39, 0.29) is 5.28 Å². The Morgan fingerprint density at radius 1 is 1.75 bits per heavy atom. The van der Waals surface area contributed by atoms with Crippen LogP contribution in [-0.2, 0) is 0 Å². The molecule has 1 rings (SSSR count). The van der Waals surface area contributed by atoms with Crippen LogP contribution in [-0.4, -0.2) is 4.98 Å². The first-order valence-corrected chi connectivity index (χ1v) is 2.38. The molecule has 0 radical (unpaired) electrons. The molecule has 0 bridgehead atoms. The standard InChI is InChI=1S/C4H3ClN2O/c5-4-6-2-1-3-7(4)8/h1-3H. The maximum absolute atomic E-state index is 10.3. The third kappa shape index (κ3) is 0.869. The van der Waals surface area contributed by atoms with Gasteiger partial charge in [0.05, 0.1) is 6.20 Å². The molecular formula is C4H3ClN2O. The monoisotopic (exact) mass is 130 g/mol. The summed E-state index contributed by atoms with van der Waals surface area (Å²) in [7, 11) is 0. The first-order chi connectivity index (χ1) is 3.80. The van der Waals surface area contributed by atoms with Crippen molar-refractivity contribution < 1.29 is 4.73 Å².